The van der Waals surface area contributed by atoms with Gasteiger partial charge < -0.3 is 20.3 Å². The van der Waals surface area contributed by atoms with E-state index in [1.54, 1.807) is 9.80 Å². The molecule has 0 bridgehead atoms. The molecule has 3 aliphatic heterocycles. The number of aromatic nitrogens is 4. The van der Waals surface area contributed by atoms with Crippen molar-refractivity contribution in [3.8, 4) is 5.69 Å². The van der Waals surface area contributed by atoms with Crippen molar-refractivity contribution in [2.45, 2.75) is 31.6 Å². The van der Waals surface area contributed by atoms with Gasteiger partial charge in [0.1, 0.15) is 12.0 Å². The number of likely N-dealkylation sites (tertiary alicyclic amines) is 1. The lowest BCUT2D eigenvalue weighted by molar-refractivity contribution is -0.132. The van der Waals surface area contributed by atoms with E-state index >= 15 is 0 Å². The molecule has 1 aromatic carbocycles. The first-order chi connectivity index (χ1) is 17.4. The Morgan fingerprint density at radius 1 is 1.22 bits per heavy atom. The summed E-state index contributed by atoms with van der Waals surface area (Å²) >= 11 is 0. The summed E-state index contributed by atoms with van der Waals surface area (Å²) in [5.74, 6) is -2.12. The van der Waals surface area contributed by atoms with Crippen LogP contribution in [-0.2, 0) is 9.59 Å². The topological polar surface area (TPSA) is 113 Å². The molecule has 0 radical (unpaired) electrons. The van der Waals surface area contributed by atoms with Crippen molar-refractivity contribution in [1.82, 2.24) is 30.0 Å². The second-order valence-corrected chi connectivity index (χ2v) is 9.05. The van der Waals surface area contributed by atoms with E-state index in [2.05, 4.69) is 20.4 Å². The molecule has 4 atom stereocenters. The smallest absolute Gasteiger partial charge is 0.254 e. The van der Waals surface area contributed by atoms with Crippen LogP contribution in [0, 0.1) is 17.6 Å². The molecule has 36 heavy (non-hydrogen) atoms. The lowest BCUT2D eigenvalue weighted by Gasteiger charge is -2.40. The number of amides is 1. The van der Waals surface area contributed by atoms with E-state index in [1.165, 1.54) is 19.1 Å². The maximum absolute atomic E-state index is 14.4. The molecule has 3 unspecified atom stereocenters. The Morgan fingerprint density at radius 2 is 2.06 bits per heavy atom. The van der Waals surface area contributed by atoms with Crippen molar-refractivity contribution in [3.05, 3.63) is 65.9 Å². The third-order valence-electron chi connectivity index (χ3n) is 6.93. The van der Waals surface area contributed by atoms with E-state index in [9.17, 15) is 18.4 Å². The molecule has 2 aromatic rings. The second-order valence-electron chi connectivity index (χ2n) is 9.05. The highest BCUT2D eigenvalue weighted by Gasteiger charge is 2.40. The van der Waals surface area contributed by atoms with Gasteiger partial charge in [-0.3, -0.25) is 9.69 Å². The van der Waals surface area contributed by atoms with Gasteiger partial charge in [0.15, 0.2) is 11.6 Å². The second kappa shape index (κ2) is 9.70. The highest BCUT2D eigenvalue weighted by atomic mass is 19.2. The van der Waals surface area contributed by atoms with E-state index in [-0.39, 0.29) is 29.5 Å². The number of benzene rings is 1. The predicted octanol–water partition coefficient (Wildman–Crippen LogP) is 1.16. The molecule has 4 heterocycles. The third-order valence-corrected chi connectivity index (χ3v) is 6.93. The number of rotatable bonds is 5. The summed E-state index contributed by atoms with van der Waals surface area (Å²) in [7, 11) is 0. The normalized spacial score (nSPS) is 26.4. The lowest BCUT2D eigenvalue weighted by Crippen LogP contribution is -2.54. The van der Waals surface area contributed by atoms with Crippen molar-refractivity contribution < 1.29 is 18.4 Å². The van der Waals surface area contributed by atoms with Gasteiger partial charge in [-0.2, -0.15) is 4.68 Å². The molecular formula is C24H26F2N8O2. The minimum Gasteiger partial charge on any atom is -0.332 e. The zero-order valence-electron chi connectivity index (χ0n) is 19.6. The summed E-state index contributed by atoms with van der Waals surface area (Å²) < 4.78 is 29.4. The van der Waals surface area contributed by atoms with Crippen molar-refractivity contribution in [2.75, 3.05) is 24.5 Å². The molecule has 3 aliphatic rings. The Kier molecular flexibility index (Phi) is 6.46. The molecule has 10 nitrogen and oxygen atoms in total. The van der Waals surface area contributed by atoms with E-state index in [0.29, 0.717) is 26.1 Å². The number of carbonyl (C=O) groups is 2. The number of hydrogen-bond acceptors (Lipinski definition) is 8. The van der Waals surface area contributed by atoms with Gasteiger partial charge in [-0.05, 0) is 34.6 Å². The fourth-order valence-corrected chi connectivity index (χ4v) is 5.13. The fourth-order valence-electron chi connectivity index (χ4n) is 5.13. The molecular weight excluding hydrogens is 470 g/mol. The number of nitrogens with zero attached hydrogens (tertiary/aromatic N) is 7. The van der Waals surface area contributed by atoms with Crippen molar-refractivity contribution in [1.29, 1.82) is 0 Å². The van der Waals surface area contributed by atoms with Gasteiger partial charge in [-0.1, -0.05) is 35.5 Å². The van der Waals surface area contributed by atoms with Crippen LogP contribution in [0.15, 0.2) is 54.3 Å². The fraction of sp³-hybridized carbons (Fsp3) is 0.375. The van der Waals surface area contributed by atoms with E-state index in [4.69, 9.17) is 5.73 Å². The summed E-state index contributed by atoms with van der Waals surface area (Å²) in [6.45, 7) is 2.94. The van der Waals surface area contributed by atoms with E-state index in [0.717, 1.165) is 22.6 Å². The first-order valence-corrected chi connectivity index (χ1v) is 11.7. The van der Waals surface area contributed by atoms with Gasteiger partial charge in [0, 0.05) is 44.7 Å². The molecule has 0 aliphatic carbocycles. The summed E-state index contributed by atoms with van der Waals surface area (Å²) in [5, 5.41) is 11.6. The van der Waals surface area contributed by atoms with Crippen LogP contribution in [0.4, 0.5) is 14.7 Å². The number of hydrogen-bond donors (Lipinski definition) is 1. The minimum absolute atomic E-state index is 0.0425. The maximum Gasteiger partial charge on any atom is 0.254 e. The van der Waals surface area contributed by atoms with Crippen LogP contribution in [-0.4, -0.2) is 80.1 Å². The van der Waals surface area contributed by atoms with Crippen LogP contribution < -0.4 is 10.6 Å². The molecule has 1 fully saturated rings. The van der Waals surface area contributed by atoms with Crippen LogP contribution in [0.5, 0.6) is 0 Å². The maximum atomic E-state index is 14.4. The Hall–Kier alpha value is -3.77. The monoisotopic (exact) mass is 496 g/mol. The number of nitrogens with two attached hydrogens (primary N) is 1. The quantitative estimate of drug-likeness (QED) is 0.485. The molecule has 0 spiro atoms. The molecule has 1 saturated heterocycles. The zero-order valence-corrected chi connectivity index (χ0v) is 19.6. The van der Waals surface area contributed by atoms with Crippen LogP contribution in [0.3, 0.4) is 0 Å². The average molecular weight is 497 g/mol. The van der Waals surface area contributed by atoms with Crippen molar-refractivity contribution >= 4 is 18.1 Å². The molecule has 0 saturated carbocycles. The largest absolute Gasteiger partial charge is 0.332 e. The van der Waals surface area contributed by atoms with Gasteiger partial charge in [0.2, 0.25) is 5.91 Å². The Balaban J connectivity index is 1.39. The Morgan fingerprint density at radius 3 is 2.81 bits per heavy atom. The highest BCUT2D eigenvalue weighted by molar-refractivity contribution is 5.78. The molecule has 188 valence electrons. The predicted molar refractivity (Wildman–Crippen MR) is 127 cm³/mol. The Bertz CT molecular complexity index is 1260. The summed E-state index contributed by atoms with van der Waals surface area (Å²) in [6.07, 6.45) is 10.8. The van der Waals surface area contributed by atoms with Crippen LogP contribution in [0.2, 0.25) is 0 Å². The summed E-state index contributed by atoms with van der Waals surface area (Å²) in [5.41, 5.74) is 7.51. The summed E-state index contributed by atoms with van der Waals surface area (Å²) in [6, 6.07) is 3.33. The first-order valence-electron chi connectivity index (χ1n) is 11.7. The highest BCUT2D eigenvalue weighted by Crippen LogP contribution is 2.31. The molecule has 1 amide bonds. The standard InChI is InChI=1S/C24H26F2N8O2/c1-15(36)33-13-17(11-18(33)14-35)32-10-4-6-19(23(32)27)16-5-3-9-31(12-16)24-28-29-30-34(24)21-8-2-7-20(25)22(21)26/h2-8,12,14,17-19,23H,9-11,13,27H2,1H3/t17?,18-,19?,23?/m0/s1. The number of halogens is 2. The lowest BCUT2D eigenvalue weighted by atomic mass is 9.90. The van der Waals surface area contributed by atoms with Gasteiger partial charge >= 0.3 is 0 Å². The SMILES string of the molecule is CC(=O)N1CC(N2CC=CC(C3=CN(c4nnnn4-c4cccc(F)c4F)CC=C3)C2N)C[C@H]1C=O. The number of carbonyl (C=O) groups excluding carboxylic acids is 2. The molecule has 2 N–H and O–H groups in total. The first kappa shape index (κ1) is 23.9. The van der Waals surface area contributed by atoms with Crippen LogP contribution >= 0.6 is 0 Å². The number of tetrazole rings is 1. The van der Waals surface area contributed by atoms with Crippen molar-refractivity contribution in [2.24, 2.45) is 11.7 Å². The van der Waals surface area contributed by atoms with E-state index in [1.807, 2.05) is 30.5 Å². The molecule has 1 aromatic heterocycles. The Labute approximate surface area is 206 Å². The van der Waals surface area contributed by atoms with Gasteiger partial charge in [-0.15, -0.1) is 0 Å². The summed E-state index contributed by atoms with van der Waals surface area (Å²) in [4.78, 5) is 28.9. The van der Waals surface area contributed by atoms with Crippen LogP contribution in [0.25, 0.3) is 5.69 Å². The van der Waals surface area contributed by atoms with Crippen LogP contribution in [0.1, 0.15) is 13.3 Å². The number of aldehydes is 1. The third kappa shape index (κ3) is 4.22. The molecule has 12 heteroatoms. The average Bonchev–Trinajstić information content (AvgIpc) is 3.54. The zero-order chi connectivity index (χ0) is 25.4. The molecule has 5 rings (SSSR count). The number of allylic oxidation sites excluding steroid dienone is 1. The number of anilines is 1. The van der Waals surface area contributed by atoms with Gasteiger partial charge in [0.05, 0.1) is 12.2 Å². The van der Waals surface area contributed by atoms with Crippen molar-refractivity contribution in [3.63, 3.8) is 0 Å². The van der Waals surface area contributed by atoms with E-state index < -0.39 is 23.8 Å². The minimum atomic E-state index is -1.04. The van der Waals surface area contributed by atoms with Gasteiger partial charge in [0.25, 0.3) is 5.95 Å². The van der Waals surface area contributed by atoms with Gasteiger partial charge in [-0.25, -0.2) is 8.78 Å².